The molecule has 0 atom stereocenters. The number of imidazole rings is 1. The fourth-order valence-corrected chi connectivity index (χ4v) is 2.55. The molecule has 7 heteroatoms. The van der Waals surface area contributed by atoms with Gasteiger partial charge in [0.15, 0.2) is 0 Å². The van der Waals surface area contributed by atoms with E-state index < -0.39 is 0 Å². The van der Waals surface area contributed by atoms with E-state index in [1.807, 2.05) is 17.6 Å². The highest BCUT2D eigenvalue weighted by Crippen LogP contribution is 2.21. The van der Waals surface area contributed by atoms with E-state index in [-0.39, 0.29) is 11.8 Å². The molecule has 3 aromatic rings. The summed E-state index contributed by atoms with van der Waals surface area (Å²) in [4.78, 5) is 16.2. The van der Waals surface area contributed by atoms with Crippen LogP contribution in [0.2, 0.25) is 0 Å². The number of nitrogens with zero attached hydrogens (tertiary/aromatic N) is 3. The Kier molecular flexibility index (Phi) is 3.85. The molecule has 0 aliphatic heterocycles. The third-order valence-electron chi connectivity index (χ3n) is 3.36. The van der Waals surface area contributed by atoms with Crippen molar-refractivity contribution in [1.29, 1.82) is 0 Å². The molecule has 22 heavy (non-hydrogen) atoms. The molecule has 1 aromatic carbocycles. The Balaban J connectivity index is 2.10. The van der Waals surface area contributed by atoms with Crippen LogP contribution in [0.15, 0.2) is 28.8 Å². The number of methoxy groups -OCH3 is 1. The van der Waals surface area contributed by atoms with Gasteiger partial charge in [0.2, 0.25) is 0 Å². The topological polar surface area (TPSA) is 70.2 Å². The molecule has 6 nitrogen and oxygen atoms in total. The zero-order valence-electron chi connectivity index (χ0n) is 12.2. The number of esters is 1. The van der Waals surface area contributed by atoms with Gasteiger partial charge < -0.3 is 13.8 Å². The van der Waals surface area contributed by atoms with E-state index in [2.05, 4.69) is 10.1 Å². The van der Waals surface area contributed by atoms with Crippen molar-refractivity contribution in [2.24, 2.45) is 0 Å². The Bertz CT molecular complexity index is 838. The largest absolute Gasteiger partial charge is 0.465 e. The van der Waals surface area contributed by atoms with Crippen LogP contribution in [0.3, 0.4) is 0 Å². The maximum absolute atomic E-state index is 11.7. The first-order valence-electron chi connectivity index (χ1n) is 6.68. The normalized spacial score (nSPS) is 11.0. The van der Waals surface area contributed by atoms with Crippen LogP contribution in [0.4, 0.5) is 0 Å². The van der Waals surface area contributed by atoms with Crippen LogP contribution in [0, 0.1) is 6.92 Å². The minimum absolute atomic E-state index is 0.263. The standard InChI is InChI=1S/C15H14ClN3O3/c1-9-5-11(18-22-9)8-19-13-6-10(15(20)21-2)3-4-12(13)17-14(19)7-16/h3-6H,7-8H2,1-2H3. The molecule has 0 saturated carbocycles. The van der Waals surface area contributed by atoms with Crippen LogP contribution in [0.25, 0.3) is 11.0 Å². The lowest BCUT2D eigenvalue weighted by Gasteiger charge is -2.06. The second kappa shape index (κ2) is 5.81. The van der Waals surface area contributed by atoms with E-state index in [9.17, 15) is 4.79 Å². The molecular weight excluding hydrogens is 306 g/mol. The first kappa shape index (κ1) is 14.6. The number of aromatic nitrogens is 3. The number of hydrogen-bond donors (Lipinski definition) is 0. The second-order valence-corrected chi connectivity index (χ2v) is 5.14. The van der Waals surface area contributed by atoms with Gasteiger partial charge in [0.05, 0.1) is 36.1 Å². The fraction of sp³-hybridized carbons (Fsp3) is 0.267. The molecule has 0 unspecified atom stereocenters. The highest BCUT2D eigenvalue weighted by atomic mass is 35.5. The highest BCUT2D eigenvalue weighted by Gasteiger charge is 2.15. The van der Waals surface area contributed by atoms with E-state index in [1.54, 1.807) is 18.2 Å². The van der Waals surface area contributed by atoms with E-state index >= 15 is 0 Å². The van der Waals surface area contributed by atoms with Crippen molar-refractivity contribution in [3.63, 3.8) is 0 Å². The van der Waals surface area contributed by atoms with E-state index in [0.717, 1.165) is 22.5 Å². The summed E-state index contributed by atoms with van der Waals surface area (Å²) in [5.41, 5.74) is 2.81. The molecule has 0 fully saturated rings. The van der Waals surface area contributed by atoms with Crippen molar-refractivity contribution in [3.8, 4) is 0 Å². The van der Waals surface area contributed by atoms with Crippen LogP contribution >= 0.6 is 11.6 Å². The van der Waals surface area contributed by atoms with Crippen molar-refractivity contribution < 1.29 is 14.1 Å². The van der Waals surface area contributed by atoms with Crippen LogP contribution < -0.4 is 0 Å². The van der Waals surface area contributed by atoms with Crippen molar-refractivity contribution in [2.45, 2.75) is 19.3 Å². The molecule has 0 bridgehead atoms. The summed E-state index contributed by atoms with van der Waals surface area (Å²) in [7, 11) is 1.35. The first-order chi connectivity index (χ1) is 10.6. The number of fused-ring (bicyclic) bond motifs is 1. The molecule has 3 rings (SSSR count). The predicted octanol–water partition coefficient (Wildman–Crippen LogP) is 2.91. The van der Waals surface area contributed by atoms with Crippen molar-refractivity contribution in [1.82, 2.24) is 14.7 Å². The zero-order valence-corrected chi connectivity index (χ0v) is 12.9. The Morgan fingerprint density at radius 2 is 2.23 bits per heavy atom. The van der Waals surface area contributed by atoms with Crippen molar-refractivity contribution in [2.75, 3.05) is 7.11 Å². The number of alkyl halides is 1. The second-order valence-electron chi connectivity index (χ2n) is 4.87. The van der Waals surface area contributed by atoms with Gasteiger partial charge in [0.25, 0.3) is 0 Å². The van der Waals surface area contributed by atoms with Crippen molar-refractivity contribution in [3.05, 3.63) is 47.1 Å². The number of benzene rings is 1. The minimum atomic E-state index is -0.389. The summed E-state index contributed by atoms with van der Waals surface area (Å²) in [5, 5.41) is 3.99. The number of halogens is 1. The number of carbonyl (C=O) groups excluding carboxylic acids is 1. The zero-order chi connectivity index (χ0) is 15.7. The van der Waals surface area contributed by atoms with Crippen molar-refractivity contribution >= 4 is 28.6 Å². The third-order valence-corrected chi connectivity index (χ3v) is 3.60. The molecule has 0 N–H and O–H groups in total. The summed E-state index contributed by atoms with van der Waals surface area (Å²) >= 11 is 5.99. The van der Waals surface area contributed by atoms with Crippen LogP contribution in [-0.4, -0.2) is 27.8 Å². The van der Waals surface area contributed by atoms with E-state index in [0.29, 0.717) is 17.9 Å². The van der Waals surface area contributed by atoms with E-state index in [4.69, 9.17) is 20.9 Å². The summed E-state index contributed by atoms with van der Waals surface area (Å²) < 4.78 is 11.8. The number of hydrogen-bond acceptors (Lipinski definition) is 5. The number of rotatable bonds is 4. The Hall–Kier alpha value is -2.34. The molecule has 0 radical (unpaired) electrons. The van der Waals surface area contributed by atoms with Crippen LogP contribution in [0.1, 0.15) is 27.6 Å². The lowest BCUT2D eigenvalue weighted by Crippen LogP contribution is -2.05. The summed E-state index contributed by atoms with van der Waals surface area (Å²) in [6.45, 7) is 2.31. The number of ether oxygens (including phenoxy) is 1. The van der Waals surface area contributed by atoms with Gasteiger partial charge in [-0.25, -0.2) is 9.78 Å². The molecule has 0 amide bonds. The molecule has 0 aliphatic carbocycles. The molecular formula is C15H14ClN3O3. The van der Waals surface area contributed by atoms with Gasteiger partial charge in [-0.2, -0.15) is 0 Å². The van der Waals surface area contributed by atoms with Gasteiger partial charge in [0.1, 0.15) is 17.3 Å². The van der Waals surface area contributed by atoms with Gasteiger partial charge in [-0.05, 0) is 25.1 Å². The van der Waals surface area contributed by atoms with Gasteiger partial charge in [-0.3, -0.25) is 0 Å². The number of carbonyl (C=O) groups is 1. The quantitative estimate of drug-likeness (QED) is 0.546. The highest BCUT2D eigenvalue weighted by molar-refractivity contribution is 6.16. The molecule has 2 aromatic heterocycles. The lowest BCUT2D eigenvalue weighted by atomic mass is 10.2. The Morgan fingerprint density at radius 3 is 2.86 bits per heavy atom. The first-order valence-corrected chi connectivity index (χ1v) is 7.21. The van der Waals surface area contributed by atoms with Crippen LogP contribution in [-0.2, 0) is 17.2 Å². The molecule has 2 heterocycles. The predicted molar refractivity (Wildman–Crippen MR) is 81.0 cm³/mol. The van der Waals surface area contributed by atoms with Gasteiger partial charge in [-0.1, -0.05) is 5.16 Å². The Labute approximate surface area is 131 Å². The third kappa shape index (κ3) is 2.57. The average Bonchev–Trinajstić information content (AvgIpc) is 3.10. The monoisotopic (exact) mass is 319 g/mol. The smallest absolute Gasteiger partial charge is 0.337 e. The maximum atomic E-state index is 11.7. The van der Waals surface area contributed by atoms with Crippen LogP contribution in [0.5, 0.6) is 0 Å². The molecule has 0 spiro atoms. The molecule has 0 saturated heterocycles. The number of aryl methyl sites for hydroxylation is 1. The summed E-state index contributed by atoms with van der Waals surface area (Å²) in [6.07, 6.45) is 0. The molecule has 0 aliphatic rings. The lowest BCUT2D eigenvalue weighted by molar-refractivity contribution is 0.0601. The van der Waals surface area contributed by atoms with Gasteiger partial charge >= 0.3 is 5.97 Å². The molecule has 114 valence electrons. The van der Waals surface area contributed by atoms with E-state index in [1.165, 1.54) is 7.11 Å². The van der Waals surface area contributed by atoms with Gasteiger partial charge in [-0.15, -0.1) is 11.6 Å². The van der Waals surface area contributed by atoms with Gasteiger partial charge in [0, 0.05) is 6.07 Å². The SMILES string of the molecule is COC(=O)c1ccc2nc(CCl)n(Cc3cc(C)on3)c2c1. The Morgan fingerprint density at radius 1 is 1.41 bits per heavy atom. The minimum Gasteiger partial charge on any atom is -0.465 e. The summed E-state index contributed by atoms with van der Waals surface area (Å²) in [6, 6.07) is 7.07. The average molecular weight is 320 g/mol. The summed E-state index contributed by atoms with van der Waals surface area (Å²) in [5.74, 6) is 1.32. The fourth-order valence-electron chi connectivity index (χ4n) is 2.35. The maximum Gasteiger partial charge on any atom is 0.337 e.